The van der Waals surface area contributed by atoms with E-state index in [9.17, 15) is 5.11 Å². The lowest BCUT2D eigenvalue weighted by molar-refractivity contribution is 0.0215. The first-order valence-electron chi connectivity index (χ1n) is 7.26. The van der Waals surface area contributed by atoms with Crippen LogP contribution in [0.1, 0.15) is 25.3 Å². The molecule has 1 aromatic rings. The van der Waals surface area contributed by atoms with Gasteiger partial charge in [0, 0.05) is 23.3 Å². The normalized spacial score (nSPS) is 27.1. The van der Waals surface area contributed by atoms with Crippen LogP contribution >= 0.6 is 15.9 Å². The van der Waals surface area contributed by atoms with E-state index in [0.717, 1.165) is 47.4 Å². The second kappa shape index (κ2) is 5.78. The molecule has 108 valence electrons. The van der Waals surface area contributed by atoms with Crippen LogP contribution in [0, 0.1) is 5.92 Å². The summed E-state index contributed by atoms with van der Waals surface area (Å²) in [6.45, 7) is 4.77. The molecule has 1 N–H and O–H groups in total. The number of ether oxygens (including phenoxy) is 1. The van der Waals surface area contributed by atoms with Crippen molar-refractivity contribution in [2.24, 2.45) is 5.92 Å². The maximum Gasteiger partial charge on any atom is 0.119 e. The van der Waals surface area contributed by atoms with Crippen LogP contribution in [0.15, 0.2) is 28.4 Å². The molecule has 0 amide bonds. The molecule has 3 aliphatic rings. The fourth-order valence-corrected chi connectivity index (χ4v) is 3.49. The molecule has 4 rings (SSSR count). The zero-order chi connectivity index (χ0) is 14.1. The van der Waals surface area contributed by atoms with Crippen molar-refractivity contribution in [3.8, 4) is 5.75 Å². The number of hydrogen-bond acceptors (Lipinski definition) is 3. The Morgan fingerprint density at radius 2 is 2.15 bits per heavy atom. The number of rotatable bonds is 3. The van der Waals surface area contributed by atoms with Gasteiger partial charge < -0.3 is 14.7 Å². The molecule has 3 fully saturated rings. The number of benzene rings is 1. The molecule has 20 heavy (non-hydrogen) atoms. The lowest BCUT2D eigenvalue weighted by atomic mass is 9.83. The number of fused-ring (bicyclic) bond motifs is 3. The monoisotopic (exact) mass is 337 g/mol. The van der Waals surface area contributed by atoms with Gasteiger partial charge in [0.25, 0.3) is 0 Å². The summed E-state index contributed by atoms with van der Waals surface area (Å²) in [4.78, 5) is 2.31. The molecule has 0 radical (unpaired) electrons. The van der Waals surface area contributed by atoms with Gasteiger partial charge in [0.1, 0.15) is 5.75 Å². The van der Waals surface area contributed by atoms with Crippen LogP contribution in [0.25, 0.3) is 6.08 Å². The Morgan fingerprint density at radius 1 is 1.40 bits per heavy atom. The molecule has 0 spiro atoms. The Bertz CT molecular complexity index is 517. The van der Waals surface area contributed by atoms with E-state index in [1.165, 1.54) is 0 Å². The fourth-order valence-electron chi connectivity index (χ4n) is 3.13. The molecule has 3 heterocycles. The maximum atomic E-state index is 10.4. The summed E-state index contributed by atoms with van der Waals surface area (Å²) in [6, 6.07) is 5.98. The number of hydrogen-bond donors (Lipinski definition) is 1. The molecule has 2 bridgehead atoms. The highest BCUT2D eigenvalue weighted by atomic mass is 79.9. The van der Waals surface area contributed by atoms with Gasteiger partial charge in [0.2, 0.25) is 0 Å². The fraction of sp³-hybridized carbons (Fsp3) is 0.500. The van der Waals surface area contributed by atoms with Crippen molar-refractivity contribution in [3.63, 3.8) is 0 Å². The first-order chi connectivity index (χ1) is 9.69. The van der Waals surface area contributed by atoms with Gasteiger partial charge in [-0.15, -0.1) is 0 Å². The summed E-state index contributed by atoms with van der Waals surface area (Å²) in [6.07, 6.45) is 4.00. The third kappa shape index (κ3) is 2.59. The van der Waals surface area contributed by atoms with Crippen molar-refractivity contribution < 1.29 is 9.84 Å². The van der Waals surface area contributed by atoms with Crippen molar-refractivity contribution >= 4 is 22.0 Å². The van der Waals surface area contributed by atoms with E-state index in [-0.39, 0.29) is 6.10 Å². The minimum atomic E-state index is -0.319. The van der Waals surface area contributed by atoms with Gasteiger partial charge in [-0.25, -0.2) is 0 Å². The Balaban J connectivity index is 1.93. The Morgan fingerprint density at radius 3 is 2.80 bits per heavy atom. The highest BCUT2D eigenvalue weighted by Gasteiger charge is 2.36. The van der Waals surface area contributed by atoms with Gasteiger partial charge in [-0.2, -0.15) is 0 Å². The first-order valence-corrected chi connectivity index (χ1v) is 8.05. The molecule has 0 aromatic heterocycles. The van der Waals surface area contributed by atoms with Crippen molar-refractivity contribution in [2.45, 2.75) is 25.9 Å². The van der Waals surface area contributed by atoms with Crippen LogP contribution < -0.4 is 4.74 Å². The van der Waals surface area contributed by atoms with Crippen LogP contribution in [0.5, 0.6) is 5.75 Å². The number of halogens is 1. The van der Waals surface area contributed by atoms with E-state index >= 15 is 0 Å². The molecular weight excluding hydrogens is 318 g/mol. The highest BCUT2D eigenvalue weighted by molar-refractivity contribution is 9.10. The largest absolute Gasteiger partial charge is 0.494 e. The predicted molar refractivity (Wildman–Crippen MR) is 83.6 cm³/mol. The van der Waals surface area contributed by atoms with Crippen molar-refractivity contribution in [1.82, 2.24) is 4.90 Å². The maximum absolute atomic E-state index is 10.4. The third-order valence-electron chi connectivity index (χ3n) is 4.24. The molecule has 3 aliphatic heterocycles. The predicted octanol–water partition coefficient (Wildman–Crippen LogP) is 3.28. The Labute approximate surface area is 128 Å². The lowest BCUT2D eigenvalue weighted by Gasteiger charge is -2.46. The van der Waals surface area contributed by atoms with Crippen LogP contribution in [0.2, 0.25) is 0 Å². The summed E-state index contributed by atoms with van der Waals surface area (Å²) >= 11 is 3.58. The topological polar surface area (TPSA) is 32.7 Å². The van der Waals surface area contributed by atoms with Crippen LogP contribution in [-0.4, -0.2) is 35.8 Å². The van der Waals surface area contributed by atoms with Crippen LogP contribution in [0.3, 0.4) is 0 Å². The lowest BCUT2D eigenvalue weighted by Crippen LogP contribution is -2.48. The van der Waals surface area contributed by atoms with Crippen molar-refractivity contribution in [1.29, 1.82) is 0 Å². The van der Waals surface area contributed by atoms with Crippen LogP contribution in [-0.2, 0) is 0 Å². The average molecular weight is 338 g/mol. The average Bonchev–Trinajstić information content (AvgIpc) is 2.47. The zero-order valence-electron chi connectivity index (χ0n) is 11.7. The molecule has 0 saturated carbocycles. The molecule has 1 atom stereocenters. The van der Waals surface area contributed by atoms with Gasteiger partial charge in [0.15, 0.2) is 0 Å². The standard InChI is InChI=1S/C16H20BrNO2/c1-2-20-13-3-4-14(17)12(9-13)10-15-16(19)11-5-7-18(15)8-6-11/h3-4,9-11,16,19H,2,5-8H2,1H3/b15-10-. The van der Waals surface area contributed by atoms with Gasteiger partial charge in [-0.1, -0.05) is 15.9 Å². The molecule has 4 heteroatoms. The SMILES string of the molecule is CCOc1ccc(Br)c(/C=C2/C(O)C3CCN2CC3)c1. The first kappa shape index (κ1) is 14.0. The second-order valence-corrected chi connectivity index (χ2v) is 6.31. The summed E-state index contributed by atoms with van der Waals surface area (Å²) in [5, 5.41) is 10.4. The number of nitrogens with zero attached hydrogens (tertiary/aromatic N) is 1. The summed E-state index contributed by atoms with van der Waals surface area (Å²) in [5.74, 6) is 1.30. The minimum Gasteiger partial charge on any atom is -0.494 e. The molecule has 0 aliphatic carbocycles. The van der Waals surface area contributed by atoms with Gasteiger partial charge in [-0.3, -0.25) is 0 Å². The molecule has 1 aromatic carbocycles. The highest BCUT2D eigenvalue weighted by Crippen LogP contribution is 2.36. The van der Waals surface area contributed by atoms with E-state index in [1.54, 1.807) is 0 Å². The van der Waals surface area contributed by atoms with Crippen molar-refractivity contribution in [2.75, 3.05) is 19.7 Å². The van der Waals surface area contributed by atoms with Gasteiger partial charge in [0.05, 0.1) is 12.7 Å². The molecule has 3 nitrogen and oxygen atoms in total. The summed E-state index contributed by atoms with van der Waals surface area (Å²) in [7, 11) is 0. The summed E-state index contributed by atoms with van der Waals surface area (Å²) < 4.78 is 6.58. The van der Waals surface area contributed by atoms with E-state index in [4.69, 9.17) is 4.74 Å². The third-order valence-corrected chi connectivity index (χ3v) is 4.96. The minimum absolute atomic E-state index is 0.319. The van der Waals surface area contributed by atoms with E-state index < -0.39 is 0 Å². The van der Waals surface area contributed by atoms with Gasteiger partial charge in [-0.05, 0) is 55.5 Å². The van der Waals surface area contributed by atoms with Crippen molar-refractivity contribution in [3.05, 3.63) is 33.9 Å². The quantitative estimate of drug-likeness (QED) is 0.918. The number of piperidine rings is 3. The smallest absolute Gasteiger partial charge is 0.119 e. The second-order valence-electron chi connectivity index (χ2n) is 5.45. The van der Waals surface area contributed by atoms with Gasteiger partial charge >= 0.3 is 0 Å². The molecule has 3 saturated heterocycles. The van der Waals surface area contributed by atoms with Crippen LogP contribution in [0.4, 0.5) is 0 Å². The number of aliphatic hydroxyl groups excluding tert-OH is 1. The Kier molecular flexibility index (Phi) is 4.03. The molecule has 1 unspecified atom stereocenters. The summed E-state index contributed by atoms with van der Waals surface area (Å²) in [5.41, 5.74) is 2.12. The zero-order valence-corrected chi connectivity index (χ0v) is 13.3. The van der Waals surface area contributed by atoms with E-state index in [0.29, 0.717) is 12.5 Å². The Hall–Kier alpha value is -1.00. The van der Waals surface area contributed by atoms with E-state index in [1.807, 2.05) is 25.1 Å². The number of aliphatic hydroxyl groups is 1. The molecular formula is C16H20BrNO2. The van der Waals surface area contributed by atoms with E-state index in [2.05, 4.69) is 26.9 Å².